The van der Waals surface area contributed by atoms with Gasteiger partial charge in [0.1, 0.15) is 5.49 Å². The molecule has 1 aromatic rings. The van der Waals surface area contributed by atoms with Crippen LogP contribution in [0.15, 0.2) is 29.4 Å². The van der Waals surface area contributed by atoms with Crippen LogP contribution in [0.1, 0.15) is 0 Å². The normalized spacial score (nSPS) is 11.7. The molecule has 64 valence electrons. The van der Waals surface area contributed by atoms with Crippen molar-refractivity contribution in [1.82, 2.24) is 4.57 Å². The van der Waals surface area contributed by atoms with Gasteiger partial charge < -0.3 is 4.57 Å². The zero-order valence-electron chi connectivity index (χ0n) is 7.02. The van der Waals surface area contributed by atoms with E-state index >= 15 is 0 Å². The summed E-state index contributed by atoms with van der Waals surface area (Å²) in [4.78, 5) is 4.23. The molecule has 0 atom stereocenters. The number of hydrogen-bond donors (Lipinski definition) is 0. The van der Waals surface area contributed by atoms with Crippen molar-refractivity contribution in [1.29, 1.82) is 0 Å². The maximum absolute atomic E-state index is 4.98. The van der Waals surface area contributed by atoms with E-state index in [9.17, 15) is 0 Å². The third-order valence-corrected chi connectivity index (χ3v) is 2.44. The Morgan fingerprint density at radius 1 is 1.58 bits per heavy atom. The number of rotatable bonds is 0. The molecule has 12 heavy (non-hydrogen) atoms. The van der Waals surface area contributed by atoms with Crippen molar-refractivity contribution in [3.63, 3.8) is 0 Å². The SMILES string of the molecule is CSC(=S)N=c1ccccn1C. The molecular formula is C8H10N2S2. The van der Waals surface area contributed by atoms with Crippen molar-refractivity contribution in [3.8, 4) is 0 Å². The first kappa shape index (κ1) is 9.48. The molecule has 0 aliphatic heterocycles. The van der Waals surface area contributed by atoms with Gasteiger partial charge in [0.25, 0.3) is 0 Å². The summed E-state index contributed by atoms with van der Waals surface area (Å²) in [6.07, 6.45) is 3.87. The maximum Gasteiger partial charge on any atom is 0.161 e. The highest BCUT2D eigenvalue weighted by molar-refractivity contribution is 8.22. The van der Waals surface area contributed by atoms with Gasteiger partial charge in [0.15, 0.2) is 4.32 Å². The van der Waals surface area contributed by atoms with E-state index in [4.69, 9.17) is 12.2 Å². The maximum atomic E-state index is 4.98. The van der Waals surface area contributed by atoms with Crippen LogP contribution in [0.5, 0.6) is 0 Å². The highest BCUT2D eigenvalue weighted by Gasteiger charge is 1.88. The lowest BCUT2D eigenvalue weighted by molar-refractivity contribution is 0.840. The lowest BCUT2D eigenvalue weighted by atomic mass is 10.5. The predicted octanol–water partition coefficient (Wildman–Crippen LogP) is 1.57. The molecule has 0 aromatic carbocycles. The summed E-state index contributed by atoms with van der Waals surface area (Å²) in [5.41, 5.74) is 0.886. The zero-order valence-corrected chi connectivity index (χ0v) is 8.65. The van der Waals surface area contributed by atoms with Gasteiger partial charge in [-0.15, -0.1) is 0 Å². The number of nitrogens with zero attached hydrogens (tertiary/aromatic N) is 2. The quantitative estimate of drug-likeness (QED) is 0.589. The van der Waals surface area contributed by atoms with E-state index in [0.29, 0.717) is 4.32 Å². The summed E-state index contributed by atoms with van der Waals surface area (Å²) < 4.78 is 2.60. The summed E-state index contributed by atoms with van der Waals surface area (Å²) in [6, 6.07) is 5.84. The van der Waals surface area contributed by atoms with E-state index in [2.05, 4.69) is 4.99 Å². The monoisotopic (exact) mass is 198 g/mol. The fourth-order valence-electron chi connectivity index (χ4n) is 0.770. The Balaban J connectivity index is 3.10. The molecule has 1 aromatic heterocycles. The molecule has 0 spiro atoms. The summed E-state index contributed by atoms with van der Waals surface area (Å²) in [6.45, 7) is 0. The van der Waals surface area contributed by atoms with Crippen LogP contribution >= 0.6 is 24.0 Å². The molecule has 0 aliphatic carbocycles. The van der Waals surface area contributed by atoms with Crippen LogP contribution < -0.4 is 5.49 Å². The molecule has 0 saturated heterocycles. The van der Waals surface area contributed by atoms with Crippen molar-refractivity contribution in [2.45, 2.75) is 0 Å². The largest absolute Gasteiger partial charge is 0.336 e. The van der Waals surface area contributed by atoms with Crippen LogP contribution in [-0.2, 0) is 7.05 Å². The minimum absolute atomic E-state index is 0.664. The Labute approximate surface area is 81.3 Å². The molecule has 0 aliphatic rings. The van der Waals surface area contributed by atoms with E-state index in [1.54, 1.807) is 0 Å². The smallest absolute Gasteiger partial charge is 0.161 e. The molecule has 1 heterocycles. The second-order valence-electron chi connectivity index (χ2n) is 2.25. The Morgan fingerprint density at radius 3 is 2.92 bits per heavy atom. The molecular weight excluding hydrogens is 188 g/mol. The molecule has 0 amide bonds. The van der Waals surface area contributed by atoms with Gasteiger partial charge in [0.05, 0.1) is 0 Å². The van der Waals surface area contributed by atoms with Crippen molar-refractivity contribution in [2.24, 2.45) is 12.0 Å². The van der Waals surface area contributed by atoms with E-state index in [-0.39, 0.29) is 0 Å². The van der Waals surface area contributed by atoms with E-state index in [1.807, 2.05) is 42.3 Å². The minimum atomic E-state index is 0.664. The summed E-state index contributed by atoms with van der Waals surface area (Å²) in [5, 5.41) is 0. The molecule has 2 nitrogen and oxygen atoms in total. The third-order valence-electron chi connectivity index (χ3n) is 1.41. The zero-order chi connectivity index (χ0) is 8.97. The Morgan fingerprint density at radius 2 is 2.33 bits per heavy atom. The fraction of sp³-hybridized carbons (Fsp3) is 0.250. The highest BCUT2D eigenvalue weighted by atomic mass is 32.2. The van der Waals surface area contributed by atoms with Crippen LogP contribution in [0.3, 0.4) is 0 Å². The molecule has 0 radical (unpaired) electrons. The number of aryl methyl sites for hydroxylation is 1. The molecule has 1 rings (SSSR count). The van der Waals surface area contributed by atoms with Crippen LogP contribution in [-0.4, -0.2) is 15.1 Å². The lowest BCUT2D eigenvalue weighted by Gasteiger charge is -1.97. The number of thioether (sulfide) groups is 1. The van der Waals surface area contributed by atoms with Crippen LogP contribution in [0.4, 0.5) is 0 Å². The average molecular weight is 198 g/mol. The Hall–Kier alpha value is -0.610. The molecule has 0 bridgehead atoms. The number of hydrogen-bond acceptors (Lipinski definition) is 2. The van der Waals surface area contributed by atoms with E-state index < -0.39 is 0 Å². The van der Waals surface area contributed by atoms with Gasteiger partial charge >= 0.3 is 0 Å². The molecule has 4 heteroatoms. The van der Waals surface area contributed by atoms with Gasteiger partial charge in [-0.05, 0) is 18.4 Å². The van der Waals surface area contributed by atoms with Gasteiger partial charge in [-0.2, -0.15) is 0 Å². The second kappa shape index (κ2) is 4.42. The van der Waals surface area contributed by atoms with Gasteiger partial charge in [-0.25, -0.2) is 4.99 Å². The molecule has 0 N–H and O–H groups in total. The first-order valence-electron chi connectivity index (χ1n) is 3.48. The first-order valence-corrected chi connectivity index (χ1v) is 5.11. The third kappa shape index (κ3) is 2.46. The minimum Gasteiger partial charge on any atom is -0.336 e. The van der Waals surface area contributed by atoms with Crippen LogP contribution in [0.25, 0.3) is 0 Å². The van der Waals surface area contributed by atoms with Gasteiger partial charge in [-0.1, -0.05) is 30.0 Å². The van der Waals surface area contributed by atoms with E-state index in [1.165, 1.54) is 11.8 Å². The van der Waals surface area contributed by atoms with Crippen molar-refractivity contribution >= 4 is 28.3 Å². The fourth-order valence-corrected chi connectivity index (χ4v) is 1.05. The predicted molar refractivity (Wildman–Crippen MR) is 57.1 cm³/mol. The topological polar surface area (TPSA) is 17.3 Å². The molecule has 0 saturated carbocycles. The van der Waals surface area contributed by atoms with Gasteiger partial charge in [-0.3, -0.25) is 0 Å². The number of pyridine rings is 1. The lowest BCUT2D eigenvalue weighted by Crippen LogP contribution is -2.16. The van der Waals surface area contributed by atoms with Crippen molar-refractivity contribution < 1.29 is 0 Å². The molecule has 0 unspecified atom stereocenters. The molecule has 0 fully saturated rings. The number of thiocarbonyl (C=S) groups is 1. The Kier molecular flexibility index (Phi) is 3.49. The summed E-state index contributed by atoms with van der Waals surface area (Å²) in [7, 11) is 1.95. The second-order valence-corrected chi connectivity index (χ2v) is 3.69. The van der Waals surface area contributed by atoms with Gasteiger partial charge in [0.2, 0.25) is 0 Å². The van der Waals surface area contributed by atoms with Crippen molar-refractivity contribution in [3.05, 3.63) is 29.9 Å². The first-order chi connectivity index (χ1) is 5.74. The van der Waals surface area contributed by atoms with Crippen molar-refractivity contribution in [2.75, 3.05) is 6.26 Å². The average Bonchev–Trinajstić information content (AvgIpc) is 2.09. The summed E-state index contributed by atoms with van der Waals surface area (Å²) in [5.74, 6) is 0. The van der Waals surface area contributed by atoms with E-state index in [0.717, 1.165) is 5.49 Å². The van der Waals surface area contributed by atoms with Crippen LogP contribution in [0, 0.1) is 0 Å². The standard InChI is InChI=1S/C8H10N2S2/c1-10-6-4-3-5-7(10)9-8(11)12-2/h3-6H,1-2H3. The summed E-state index contributed by atoms with van der Waals surface area (Å²) >= 11 is 6.46. The van der Waals surface area contributed by atoms with Gasteiger partial charge in [0, 0.05) is 13.2 Å². The number of aromatic nitrogens is 1. The van der Waals surface area contributed by atoms with Crippen LogP contribution in [0.2, 0.25) is 0 Å². The highest BCUT2D eigenvalue weighted by Crippen LogP contribution is 1.96. The Bertz CT molecular complexity index is 341.